The van der Waals surface area contributed by atoms with Gasteiger partial charge >= 0.3 is 0 Å². The van der Waals surface area contributed by atoms with Crippen molar-refractivity contribution in [2.24, 2.45) is 41.1 Å². The van der Waals surface area contributed by atoms with Crippen molar-refractivity contribution >= 4 is 29.5 Å². The van der Waals surface area contributed by atoms with Gasteiger partial charge in [0, 0.05) is 29.6 Å². The van der Waals surface area contributed by atoms with E-state index in [1.54, 1.807) is 13.8 Å². The van der Waals surface area contributed by atoms with Gasteiger partial charge in [-0.2, -0.15) is 0 Å². The van der Waals surface area contributed by atoms with Crippen LogP contribution in [0.15, 0.2) is 0 Å². The number of hydrogen-bond acceptors (Lipinski definition) is 10. The van der Waals surface area contributed by atoms with E-state index in [0.717, 1.165) is 0 Å². The lowest BCUT2D eigenvalue weighted by Crippen LogP contribution is -2.54. The Kier molecular flexibility index (Phi) is 15.6. The summed E-state index contributed by atoms with van der Waals surface area (Å²) in [5.41, 5.74) is 10.7. The van der Waals surface area contributed by atoms with Crippen molar-refractivity contribution in [2.45, 2.75) is 84.8 Å². The molecule has 0 spiro atoms. The second-order valence-electron chi connectivity index (χ2n) is 9.50. The molecule has 0 heterocycles. The highest BCUT2D eigenvalue weighted by Crippen LogP contribution is 2.23. The smallest absolute Gasteiger partial charge is 0.225 e. The summed E-state index contributed by atoms with van der Waals surface area (Å²) < 4.78 is 0. The first-order chi connectivity index (χ1) is 17.5. The molecule has 0 saturated heterocycles. The number of aliphatic hydroxyl groups excluding tert-OH is 4. The number of rotatable bonds is 18. The molecule has 0 bridgehead atoms. The topological polar surface area (TPSA) is 275 Å². The maximum atomic E-state index is 12.7. The monoisotopic (exact) mass is 549 g/mol. The highest BCUT2D eigenvalue weighted by atomic mass is 16.5. The number of hydrogen-bond donors (Lipinski definition) is 10. The van der Waals surface area contributed by atoms with Crippen molar-refractivity contribution in [3.8, 4) is 0 Å². The van der Waals surface area contributed by atoms with Gasteiger partial charge in [-0.3, -0.25) is 24.0 Å². The average Bonchev–Trinajstić information content (AvgIpc) is 2.83. The van der Waals surface area contributed by atoms with Crippen molar-refractivity contribution in [2.75, 3.05) is 0 Å². The Hall–Kier alpha value is -2.85. The molecule has 0 fully saturated rings. The summed E-state index contributed by atoms with van der Waals surface area (Å²) in [6.45, 7) is 6.30. The van der Waals surface area contributed by atoms with Gasteiger partial charge in [-0.25, -0.2) is 0 Å². The molecule has 0 saturated carbocycles. The Morgan fingerprint density at radius 1 is 0.579 bits per heavy atom. The summed E-state index contributed by atoms with van der Waals surface area (Å²) in [4.78, 5) is 60.5. The summed E-state index contributed by atoms with van der Waals surface area (Å²) in [5, 5.41) is 53.7. The Labute approximate surface area is 221 Å². The number of carbonyl (C=O) groups excluding carboxylic acids is 5. The van der Waals surface area contributed by atoms with Gasteiger partial charge in [0.15, 0.2) is 25.0 Å². The van der Waals surface area contributed by atoms with Crippen LogP contribution >= 0.6 is 0 Å². The Morgan fingerprint density at radius 3 is 1.32 bits per heavy atom. The molecule has 0 aromatic rings. The minimum absolute atomic E-state index is 0.113. The number of aliphatic hydroxyl groups is 5. The molecule has 0 rings (SSSR count). The van der Waals surface area contributed by atoms with Crippen LogP contribution in [0.3, 0.4) is 0 Å². The van der Waals surface area contributed by atoms with Gasteiger partial charge in [0.2, 0.25) is 29.5 Å². The average molecular weight is 550 g/mol. The van der Waals surface area contributed by atoms with Crippen LogP contribution in [0.2, 0.25) is 0 Å². The first kappa shape index (κ1) is 35.2. The third-order valence-electron chi connectivity index (χ3n) is 6.35. The van der Waals surface area contributed by atoms with Crippen molar-refractivity contribution in [1.82, 2.24) is 16.0 Å². The van der Waals surface area contributed by atoms with Crippen molar-refractivity contribution in [3.05, 3.63) is 0 Å². The normalized spacial score (nSPS) is 17.7. The lowest BCUT2D eigenvalue weighted by atomic mass is 9.85. The fraction of sp³-hybridized carbons (Fsp3) is 0.783. The van der Waals surface area contributed by atoms with E-state index in [9.17, 15) is 39.3 Å². The zero-order valence-electron chi connectivity index (χ0n) is 22.2. The molecule has 0 aliphatic rings. The van der Waals surface area contributed by atoms with E-state index in [1.165, 1.54) is 13.8 Å². The van der Waals surface area contributed by atoms with Gasteiger partial charge < -0.3 is 53.0 Å². The third kappa shape index (κ3) is 12.1. The Balaban J connectivity index is 5.07. The SMILES string of the molecule is CCC(CC(C)C(=O)NC(O)C(O)NC(=O)C(CC)CC(CC(C)C(=O)NC(O)C(O)O)C(N)=O)C(N)=O. The standard InChI is InChI=1S/C23H43N5O10/c1-5-12(15(24)29)7-10(3)17(31)26-20(34)21(35)28-19(33)13(6-2)9-14(16(25)30)8-11(4)18(32)27-22(36)23(37)38/h10-14,20-23,34-38H,5-9H2,1-4H3,(H2,24,29)(H2,25,30)(H,26,31)(H,27,32)(H,28,33). The van der Waals surface area contributed by atoms with E-state index in [-0.39, 0.29) is 25.7 Å². The molecule has 38 heavy (non-hydrogen) atoms. The fourth-order valence-corrected chi connectivity index (χ4v) is 3.75. The summed E-state index contributed by atoms with van der Waals surface area (Å²) in [6, 6.07) is 0. The Bertz CT molecular complexity index is 811. The van der Waals surface area contributed by atoms with E-state index >= 15 is 0 Å². The highest BCUT2D eigenvalue weighted by Gasteiger charge is 2.31. The van der Waals surface area contributed by atoms with E-state index < -0.39 is 84.1 Å². The molecular weight excluding hydrogens is 506 g/mol. The largest absolute Gasteiger partial charge is 0.369 e. The first-order valence-corrected chi connectivity index (χ1v) is 12.4. The van der Waals surface area contributed by atoms with Gasteiger partial charge in [-0.05, 0) is 32.1 Å². The minimum Gasteiger partial charge on any atom is -0.369 e. The summed E-state index contributed by atoms with van der Waals surface area (Å²) in [6.07, 6.45) is -7.38. The molecule has 0 aromatic carbocycles. The molecule has 15 nitrogen and oxygen atoms in total. The predicted molar refractivity (Wildman–Crippen MR) is 132 cm³/mol. The molecule has 0 radical (unpaired) electrons. The van der Waals surface area contributed by atoms with Gasteiger partial charge in [0.1, 0.15) is 0 Å². The number of nitrogens with one attached hydrogen (secondary N) is 3. The lowest BCUT2D eigenvalue weighted by Gasteiger charge is -2.26. The van der Waals surface area contributed by atoms with Crippen LogP contribution in [0.25, 0.3) is 0 Å². The number of amides is 5. The van der Waals surface area contributed by atoms with Crippen LogP contribution in [-0.4, -0.2) is 80.0 Å². The zero-order chi connectivity index (χ0) is 29.7. The molecule has 15 heteroatoms. The quantitative estimate of drug-likeness (QED) is 0.0759. The molecular formula is C23H43N5O10. The second-order valence-corrected chi connectivity index (χ2v) is 9.50. The molecule has 8 atom stereocenters. The molecule has 8 unspecified atom stereocenters. The van der Waals surface area contributed by atoms with Crippen LogP contribution in [0, 0.1) is 29.6 Å². The van der Waals surface area contributed by atoms with Gasteiger partial charge in [-0.15, -0.1) is 0 Å². The number of nitrogens with two attached hydrogens (primary N) is 2. The molecule has 220 valence electrons. The maximum Gasteiger partial charge on any atom is 0.225 e. The van der Waals surface area contributed by atoms with Crippen LogP contribution in [0.1, 0.15) is 59.8 Å². The first-order valence-electron chi connectivity index (χ1n) is 12.4. The zero-order valence-corrected chi connectivity index (χ0v) is 22.2. The van der Waals surface area contributed by atoms with Crippen molar-refractivity contribution in [3.63, 3.8) is 0 Å². The van der Waals surface area contributed by atoms with E-state index in [4.69, 9.17) is 21.7 Å². The minimum atomic E-state index is -2.20. The lowest BCUT2D eigenvalue weighted by molar-refractivity contribution is -0.151. The predicted octanol–water partition coefficient (Wildman–Crippen LogP) is -3.32. The van der Waals surface area contributed by atoms with Crippen LogP contribution in [-0.2, 0) is 24.0 Å². The maximum absolute atomic E-state index is 12.7. The summed E-state index contributed by atoms with van der Waals surface area (Å²) >= 11 is 0. The fourth-order valence-electron chi connectivity index (χ4n) is 3.75. The molecule has 5 amide bonds. The Morgan fingerprint density at radius 2 is 0.947 bits per heavy atom. The van der Waals surface area contributed by atoms with E-state index in [2.05, 4.69) is 10.6 Å². The molecule has 12 N–H and O–H groups in total. The van der Waals surface area contributed by atoms with Gasteiger partial charge in [-0.1, -0.05) is 27.7 Å². The van der Waals surface area contributed by atoms with Crippen molar-refractivity contribution in [1.29, 1.82) is 0 Å². The van der Waals surface area contributed by atoms with Crippen molar-refractivity contribution < 1.29 is 49.5 Å². The second kappa shape index (κ2) is 16.9. The third-order valence-corrected chi connectivity index (χ3v) is 6.35. The number of primary amides is 2. The van der Waals surface area contributed by atoms with Crippen LogP contribution < -0.4 is 27.4 Å². The van der Waals surface area contributed by atoms with Gasteiger partial charge in [0.05, 0.1) is 0 Å². The molecule has 0 aliphatic heterocycles. The summed E-state index contributed by atoms with van der Waals surface area (Å²) in [5.74, 6) is -7.55. The van der Waals surface area contributed by atoms with Crippen LogP contribution in [0.5, 0.6) is 0 Å². The molecule has 0 aliphatic carbocycles. The van der Waals surface area contributed by atoms with Crippen LogP contribution in [0.4, 0.5) is 0 Å². The van der Waals surface area contributed by atoms with E-state index in [0.29, 0.717) is 6.42 Å². The number of carbonyl (C=O) groups is 5. The van der Waals surface area contributed by atoms with Gasteiger partial charge in [0.25, 0.3) is 0 Å². The summed E-state index contributed by atoms with van der Waals surface area (Å²) in [7, 11) is 0. The highest BCUT2D eigenvalue weighted by molar-refractivity contribution is 5.83. The molecule has 0 aromatic heterocycles. The van der Waals surface area contributed by atoms with E-state index in [1.807, 2.05) is 5.32 Å².